The first-order valence-corrected chi connectivity index (χ1v) is 14.8. The zero-order valence-corrected chi connectivity index (χ0v) is 24.1. The maximum atomic E-state index is 12.5. The summed E-state index contributed by atoms with van der Waals surface area (Å²) < 4.78 is 18.8. The summed E-state index contributed by atoms with van der Waals surface area (Å²) in [7, 11) is 0. The van der Waals surface area contributed by atoms with Crippen LogP contribution in [0.15, 0.2) is 48.6 Å². The number of alkyl halides is 1. The highest BCUT2D eigenvalue weighted by atomic mass is 19.1. The first kappa shape index (κ1) is 27.4. The number of allylic oxidation sites excluding steroid dienone is 1. The number of hydrogen-bond acceptors (Lipinski definition) is 7. The van der Waals surface area contributed by atoms with E-state index in [4.69, 9.17) is 14.7 Å². The number of carbonyl (C=O) groups excluding carboxylic acids is 1. The van der Waals surface area contributed by atoms with Gasteiger partial charge in [0.2, 0.25) is 5.91 Å². The van der Waals surface area contributed by atoms with Gasteiger partial charge in [0, 0.05) is 68.0 Å². The number of hydrogen-bond donors (Lipinski definition) is 0. The number of aromatic nitrogens is 2. The third-order valence-electron chi connectivity index (χ3n) is 8.77. The van der Waals surface area contributed by atoms with E-state index in [1.807, 2.05) is 0 Å². The van der Waals surface area contributed by atoms with Gasteiger partial charge in [-0.1, -0.05) is 37.3 Å². The monoisotopic (exact) mass is 558 g/mol. The molecule has 2 aromatic carbocycles. The Bertz CT molecular complexity index is 1430. The average Bonchev–Trinajstić information content (AvgIpc) is 2.99. The van der Waals surface area contributed by atoms with Crippen molar-refractivity contribution in [1.82, 2.24) is 19.8 Å². The summed E-state index contributed by atoms with van der Waals surface area (Å²) in [5, 5.41) is 2.53. The molecule has 4 heterocycles. The van der Waals surface area contributed by atoms with Gasteiger partial charge >= 0.3 is 6.01 Å². The van der Waals surface area contributed by atoms with Crippen LogP contribution in [0, 0.1) is 6.92 Å². The van der Waals surface area contributed by atoms with Gasteiger partial charge in [0.1, 0.15) is 19.1 Å². The molecular formula is C32H39FN6O2. The zero-order chi connectivity index (χ0) is 28.3. The summed E-state index contributed by atoms with van der Waals surface area (Å²) in [5.41, 5.74) is 4.68. The Kier molecular flexibility index (Phi) is 8.05. The molecule has 0 spiro atoms. The molecule has 2 fully saturated rings. The van der Waals surface area contributed by atoms with Crippen molar-refractivity contribution in [1.29, 1.82) is 0 Å². The number of amides is 1. The fourth-order valence-electron chi connectivity index (χ4n) is 6.35. The van der Waals surface area contributed by atoms with Crippen LogP contribution in [0.3, 0.4) is 0 Å². The molecule has 8 nitrogen and oxygen atoms in total. The van der Waals surface area contributed by atoms with E-state index in [1.165, 1.54) is 39.7 Å². The molecule has 0 aliphatic carbocycles. The largest absolute Gasteiger partial charge is 0.462 e. The number of likely N-dealkylation sites (tertiary alicyclic amines) is 1. The first-order valence-electron chi connectivity index (χ1n) is 14.8. The topological polar surface area (TPSA) is 65.0 Å². The number of fused-ring (bicyclic) bond motifs is 2. The lowest BCUT2D eigenvalue weighted by Crippen LogP contribution is -2.50. The van der Waals surface area contributed by atoms with Crippen LogP contribution < -0.4 is 14.5 Å². The summed E-state index contributed by atoms with van der Waals surface area (Å²) in [4.78, 5) is 31.2. The third-order valence-corrected chi connectivity index (χ3v) is 8.77. The number of carbonyl (C=O) groups is 1. The van der Waals surface area contributed by atoms with Crippen LogP contribution in [0.2, 0.25) is 0 Å². The summed E-state index contributed by atoms with van der Waals surface area (Å²) in [6.07, 6.45) is 4.56. The molecule has 2 saturated heterocycles. The van der Waals surface area contributed by atoms with Gasteiger partial charge < -0.3 is 19.4 Å². The second kappa shape index (κ2) is 12.0. The molecule has 3 aliphatic heterocycles. The number of halogens is 1. The molecule has 3 aliphatic rings. The minimum absolute atomic E-state index is 0.141. The minimum Gasteiger partial charge on any atom is -0.462 e. The SMILES string of the molecule is CCN1CCC1COc1nc2c(c(N3CCN(C(=O)/C=C/CF)CC3)n1)CCN(c1cccc3cccc(C)c13)C2. The van der Waals surface area contributed by atoms with E-state index in [9.17, 15) is 9.18 Å². The lowest BCUT2D eigenvalue weighted by Gasteiger charge is -2.40. The highest BCUT2D eigenvalue weighted by molar-refractivity contribution is 5.97. The fourth-order valence-corrected chi connectivity index (χ4v) is 6.35. The van der Waals surface area contributed by atoms with Crippen molar-refractivity contribution in [2.24, 2.45) is 0 Å². The van der Waals surface area contributed by atoms with Gasteiger partial charge in [-0.2, -0.15) is 9.97 Å². The number of ether oxygens (including phenoxy) is 1. The van der Waals surface area contributed by atoms with E-state index in [-0.39, 0.29) is 5.91 Å². The standard InChI is InChI=1S/C32H39FN6O2/c1-3-36-15-12-25(36)22-41-32-34-27-21-39(28-10-5-9-24-8-4-7-23(2)30(24)28)16-13-26(27)31(35-32)38-19-17-37(18-20-38)29(40)11-6-14-33/h4-11,25H,3,12-22H2,1-2H3/b11-6+. The molecule has 0 N–H and O–H groups in total. The number of likely N-dealkylation sites (N-methyl/N-ethyl adjacent to an activating group) is 1. The van der Waals surface area contributed by atoms with E-state index in [2.05, 4.69) is 64.9 Å². The van der Waals surface area contributed by atoms with Crippen molar-refractivity contribution >= 4 is 28.2 Å². The molecule has 1 atom stereocenters. The molecular weight excluding hydrogens is 519 g/mol. The number of aryl methyl sites for hydroxylation is 1. The maximum Gasteiger partial charge on any atom is 0.318 e. The average molecular weight is 559 g/mol. The van der Waals surface area contributed by atoms with Gasteiger partial charge in [-0.25, -0.2) is 4.39 Å². The highest BCUT2D eigenvalue weighted by Crippen LogP contribution is 2.35. The van der Waals surface area contributed by atoms with E-state index < -0.39 is 6.67 Å². The van der Waals surface area contributed by atoms with Crippen LogP contribution in [0.5, 0.6) is 6.01 Å². The Morgan fingerprint density at radius 3 is 2.59 bits per heavy atom. The lowest BCUT2D eigenvalue weighted by molar-refractivity contribution is -0.126. The molecule has 216 valence electrons. The summed E-state index contributed by atoms with van der Waals surface area (Å²) in [5.74, 6) is 0.782. The third kappa shape index (κ3) is 5.60. The molecule has 0 saturated carbocycles. The number of nitrogens with zero attached hydrogens (tertiary/aromatic N) is 6. The van der Waals surface area contributed by atoms with E-state index >= 15 is 0 Å². The van der Waals surface area contributed by atoms with Crippen LogP contribution in [-0.4, -0.2) is 90.8 Å². The van der Waals surface area contributed by atoms with E-state index in [0.717, 1.165) is 44.0 Å². The Hall–Kier alpha value is -3.72. The molecule has 1 amide bonds. The van der Waals surface area contributed by atoms with E-state index in [0.29, 0.717) is 51.4 Å². The summed E-state index contributed by atoms with van der Waals surface area (Å²) in [6, 6.07) is 13.8. The predicted molar refractivity (Wildman–Crippen MR) is 161 cm³/mol. The van der Waals surface area contributed by atoms with Gasteiger partial charge in [0.15, 0.2) is 0 Å². The molecule has 6 rings (SSSR count). The van der Waals surface area contributed by atoms with Gasteiger partial charge in [-0.15, -0.1) is 0 Å². The molecule has 0 radical (unpaired) electrons. The molecule has 1 aromatic heterocycles. The van der Waals surface area contributed by atoms with Crippen molar-refractivity contribution in [3.63, 3.8) is 0 Å². The van der Waals surface area contributed by atoms with Crippen LogP contribution in [0.25, 0.3) is 10.8 Å². The smallest absolute Gasteiger partial charge is 0.318 e. The van der Waals surface area contributed by atoms with Crippen molar-refractivity contribution < 1.29 is 13.9 Å². The van der Waals surface area contributed by atoms with Crippen molar-refractivity contribution in [3.8, 4) is 6.01 Å². The van der Waals surface area contributed by atoms with Crippen LogP contribution in [0.4, 0.5) is 15.9 Å². The fraction of sp³-hybridized carbons (Fsp3) is 0.469. The molecule has 3 aromatic rings. The van der Waals surface area contributed by atoms with E-state index in [1.54, 1.807) is 4.90 Å². The quantitative estimate of drug-likeness (QED) is 0.385. The second-order valence-electron chi connectivity index (χ2n) is 11.1. The number of benzene rings is 2. The van der Waals surface area contributed by atoms with Gasteiger partial charge in [0.25, 0.3) is 0 Å². The second-order valence-corrected chi connectivity index (χ2v) is 11.1. The number of rotatable bonds is 8. The van der Waals surface area contributed by atoms with Gasteiger partial charge in [-0.3, -0.25) is 9.69 Å². The van der Waals surface area contributed by atoms with Gasteiger partial charge in [-0.05, 0) is 49.4 Å². The Morgan fingerprint density at radius 2 is 1.85 bits per heavy atom. The highest BCUT2D eigenvalue weighted by Gasteiger charge is 2.31. The van der Waals surface area contributed by atoms with Crippen molar-refractivity contribution in [2.45, 2.75) is 39.3 Å². The first-order chi connectivity index (χ1) is 20.1. The maximum absolute atomic E-state index is 12.5. The van der Waals surface area contributed by atoms with Crippen LogP contribution >= 0.6 is 0 Å². The van der Waals surface area contributed by atoms with Crippen molar-refractivity contribution in [3.05, 3.63) is 65.4 Å². The number of piperazine rings is 1. The molecule has 9 heteroatoms. The molecule has 1 unspecified atom stereocenters. The Balaban J connectivity index is 1.28. The van der Waals surface area contributed by atoms with Crippen molar-refractivity contribution in [2.75, 3.05) is 68.9 Å². The zero-order valence-electron chi connectivity index (χ0n) is 24.1. The van der Waals surface area contributed by atoms with Crippen LogP contribution in [0.1, 0.15) is 30.2 Å². The molecule has 41 heavy (non-hydrogen) atoms. The lowest BCUT2D eigenvalue weighted by atomic mass is 9.99. The summed E-state index contributed by atoms with van der Waals surface area (Å²) >= 11 is 0. The summed E-state index contributed by atoms with van der Waals surface area (Å²) in [6.45, 7) is 10.5. The predicted octanol–water partition coefficient (Wildman–Crippen LogP) is 4.15. The Labute approximate surface area is 241 Å². The Morgan fingerprint density at radius 1 is 1.05 bits per heavy atom. The van der Waals surface area contributed by atoms with Crippen LogP contribution in [-0.2, 0) is 17.8 Å². The molecule has 0 bridgehead atoms. The minimum atomic E-state index is -0.631. The number of anilines is 2. The normalized spacial score (nSPS) is 19.5. The van der Waals surface area contributed by atoms with Gasteiger partial charge in [0.05, 0.1) is 12.2 Å².